The molecule has 4 N–H and O–H groups in total. The molecule has 0 spiro atoms. The van der Waals surface area contributed by atoms with Crippen molar-refractivity contribution in [2.75, 3.05) is 6.54 Å². The molecular formula is C44H74N2O5. The summed E-state index contributed by atoms with van der Waals surface area (Å²) in [5.41, 5.74) is 5.47. The number of allylic oxidation sites excluding steroid dienone is 11. The number of carboxylic acid groups (broad SMARTS) is 1. The Kier molecular flexibility index (Phi) is 35.7. The molecule has 51 heavy (non-hydrogen) atoms. The largest absolute Gasteiger partial charge is 0.480 e. The molecule has 0 aliphatic heterocycles. The normalized spacial score (nSPS) is 13.5. The third-order valence-corrected chi connectivity index (χ3v) is 8.49. The zero-order chi connectivity index (χ0) is 37.5. The molecular weight excluding hydrogens is 636 g/mol. The molecule has 0 rings (SSSR count). The van der Waals surface area contributed by atoms with Gasteiger partial charge in [0.15, 0.2) is 0 Å². The number of rotatable bonds is 35. The lowest BCUT2D eigenvalue weighted by Gasteiger charge is -2.15. The Morgan fingerprint density at radius 2 is 1.14 bits per heavy atom. The standard InChI is InChI=1S/C44H74N2O5/c1-3-5-7-9-11-13-14-15-16-17-18-20-22-28-32-38-43(48)51-40(34-29-25-21-19-12-10-8-6-4-2)35-30-26-23-24-27-31-37-42(47)46-41(44(49)50)36-33-39-45/h5,7,11,13,15-16,18-21,29,34,40-41H,3-4,6,8-10,12,14,17,22-28,30-33,35-39,45H2,1-2H3,(H,46,47)(H,49,50)/b7-5-,13-11-,16-15-,20-18-,21-19-,34-29-. The molecule has 0 radical (unpaired) electrons. The van der Waals surface area contributed by atoms with E-state index in [4.69, 9.17) is 10.5 Å². The quantitative estimate of drug-likeness (QED) is 0.0342. The SMILES string of the molecule is CC/C=C\C/C=C\C/C=C\C/C=C\CCCCC(=O)OC(/C=C\C/C=C\CCCCCC)CCCCCCCCC(=O)NC(CCCN)C(=O)O. The highest BCUT2D eigenvalue weighted by atomic mass is 16.5. The number of nitrogens with one attached hydrogen (secondary N) is 1. The minimum atomic E-state index is -1.01. The molecule has 0 aliphatic carbocycles. The highest BCUT2D eigenvalue weighted by Gasteiger charge is 2.18. The van der Waals surface area contributed by atoms with Gasteiger partial charge in [-0.1, -0.05) is 126 Å². The number of hydrogen-bond acceptors (Lipinski definition) is 5. The maximum Gasteiger partial charge on any atom is 0.326 e. The molecule has 2 unspecified atom stereocenters. The Hall–Kier alpha value is -3.19. The van der Waals surface area contributed by atoms with E-state index in [1.807, 2.05) is 0 Å². The second-order valence-electron chi connectivity index (χ2n) is 13.3. The zero-order valence-corrected chi connectivity index (χ0v) is 32.4. The summed E-state index contributed by atoms with van der Waals surface area (Å²) in [7, 11) is 0. The van der Waals surface area contributed by atoms with Crippen LogP contribution in [0.4, 0.5) is 0 Å². The average molecular weight is 711 g/mol. The van der Waals surface area contributed by atoms with Crippen LogP contribution in [0.5, 0.6) is 0 Å². The Morgan fingerprint density at radius 1 is 0.608 bits per heavy atom. The van der Waals surface area contributed by atoms with E-state index >= 15 is 0 Å². The molecule has 0 heterocycles. The van der Waals surface area contributed by atoms with Gasteiger partial charge in [0.25, 0.3) is 0 Å². The number of nitrogens with two attached hydrogens (primary N) is 1. The van der Waals surface area contributed by atoms with E-state index in [0.717, 1.165) is 103 Å². The van der Waals surface area contributed by atoms with Crippen molar-refractivity contribution in [3.63, 3.8) is 0 Å². The fourth-order valence-corrected chi connectivity index (χ4v) is 5.45. The Morgan fingerprint density at radius 3 is 1.75 bits per heavy atom. The van der Waals surface area contributed by atoms with Crippen LogP contribution in [-0.2, 0) is 19.1 Å². The lowest BCUT2D eigenvalue weighted by molar-refractivity contribution is -0.147. The maximum atomic E-state index is 12.7. The molecule has 7 nitrogen and oxygen atoms in total. The van der Waals surface area contributed by atoms with Gasteiger partial charge in [0.2, 0.25) is 5.91 Å². The van der Waals surface area contributed by atoms with Crippen LogP contribution in [0.15, 0.2) is 72.9 Å². The summed E-state index contributed by atoms with van der Waals surface area (Å²) >= 11 is 0. The van der Waals surface area contributed by atoms with Crippen LogP contribution in [0.25, 0.3) is 0 Å². The molecule has 0 saturated carbocycles. The molecule has 2 atom stereocenters. The molecule has 0 aromatic rings. The van der Waals surface area contributed by atoms with Crippen LogP contribution >= 0.6 is 0 Å². The summed E-state index contributed by atoms with van der Waals surface area (Å²) in [6, 6.07) is -0.861. The summed E-state index contributed by atoms with van der Waals surface area (Å²) in [5.74, 6) is -1.34. The van der Waals surface area contributed by atoms with Gasteiger partial charge in [-0.25, -0.2) is 4.79 Å². The fraction of sp³-hybridized carbons (Fsp3) is 0.659. The van der Waals surface area contributed by atoms with Gasteiger partial charge in [0.05, 0.1) is 0 Å². The zero-order valence-electron chi connectivity index (χ0n) is 32.4. The lowest BCUT2D eigenvalue weighted by Crippen LogP contribution is -2.40. The monoisotopic (exact) mass is 711 g/mol. The number of amides is 1. The highest BCUT2D eigenvalue weighted by molar-refractivity contribution is 5.83. The second-order valence-corrected chi connectivity index (χ2v) is 13.3. The minimum absolute atomic E-state index is 0.118. The Bertz CT molecular complexity index is 1030. The van der Waals surface area contributed by atoms with Gasteiger partial charge < -0.3 is 20.9 Å². The fourth-order valence-electron chi connectivity index (χ4n) is 5.45. The average Bonchev–Trinajstić information content (AvgIpc) is 3.11. The molecule has 0 aromatic heterocycles. The summed E-state index contributed by atoms with van der Waals surface area (Å²) in [6.45, 7) is 4.78. The lowest BCUT2D eigenvalue weighted by atomic mass is 10.0. The van der Waals surface area contributed by atoms with Crippen molar-refractivity contribution in [2.45, 2.75) is 180 Å². The first kappa shape index (κ1) is 47.8. The van der Waals surface area contributed by atoms with E-state index in [0.29, 0.717) is 32.2 Å². The van der Waals surface area contributed by atoms with Gasteiger partial charge in [-0.05, 0) is 109 Å². The first-order valence-corrected chi connectivity index (χ1v) is 20.3. The molecule has 0 bridgehead atoms. The third-order valence-electron chi connectivity index (χ3n) is 8.49. The van der Waals surface area contributed by atoms with Gasteiger partial charge in [-0.2, -0.15) is 0 Å². The highest BCUT2D eigenvalue weighted by Crippen LogP contribution is 2.15. The van der Waals surface area contributed by atoms with Gasteiger partial charge in [0, 0.05) is 12.8 Å². The van der Waals surface area contributed by atoms with Crippen molar-refractivity contribution < 1.29 is 24.2 Å². The van der Waals surface area contributed by atoms with E-state index in [9.17, 15) is 19.5 Å². The maximum absolute atomic E-state index is 12.7. The summed E-state index contributed by atoms with van der Waals surface area (Å²) in [6.07, 6.45) is 48.2. The van der Waals surface area contributed by atoms with Gasteiger partial charge in [-0.3, -0.25) is 9.59 Å². The predicted molar refractivity (Wildman–Crippen MR) is 215 cm³/mol. The number of unbranched alkanes of at least 4 members (excludes halogenated alkanes) is 11. The summed E-state index contributed by atoms with van der Waals surface area (Å²) in [5, 5.41) is 11.9. The predicted octanol–water partition coefficient (Wildman–Crippen LogP) is 11.2. The number of carboxylic acids is 1. The topological polar surface area (TPSA) is 119 Å². The number of hydrogen-bond donors (Lipinski definition) is 3. The van der Waals surface area contributed by atoms with E-state index < -0.39 is 12.0 Å². The Labute approximate surface area is 312 Å². The Balaban J connectivity index is 4.43. The molecule has 7 heteroatoms. The van der Waals surface area contributed by atoms with Crippen LogP contribution < -0.4 is 11.1 Å². The van der Waals surface area contributed by atoms with Crippen molar-refractivity contribution >= 4 is 17.8 Å². The molecule has 0 fully saturated rings. The molecule has 1 amide bonds. The molecule has 0 aromatic carbocycles. The number of esters is 1. The number of aliphatic carboxylic acids is 1. The van der Waals surface area contributed by atoms with E-state index in [1.165, 1.54) is 25.7 Å². The summed E-state index contributed by atoms with van der Waals surface area (Å²) in [4.78, 5) is 36.2. The van der Waals surface area contributed by atoms with Crippen LogP contribution in [0, 0.1) is 0 Å². The minimum Gasteiger partial charge on any atom is -0.480 e. The van der Waals surface area contributed by atoms with Crippen molar-refractivity contribution in [3.8, 4) is 0 Å². The van der Waals surface area contributed by atoms with Crippen molar-refractivity contribution in [1.29, 1.82) is 0 Å². The van der Waals surface area contributed by atoms with E-state index in [-0.39, 0.29) is 18.0 Å². The first-order chi connectivity index (χ1) is 24.9. The van der Waals surface area contributed by atoms with Gasteiger partial charge >= 0.3 is 11.9 Å². The van der Waals surface area contributed by atoms with Crippen LogP contribution in [0.1, 0.15) is 168 Å². The number of carbonyl (C=O) groups excluding carboxylic acids is 2. The summed E-state index contributed by atoms with van der Waals surface area (Å²) < 4.78 is 5.91. The van der Waals surface area contributed by atoms with Gasteiger partial charge in [-0.15, -0.1) is 0 Å². The second kappa shape index (κ2) is 38.1. The smallest absolute Gasteiger partial charge is 0.326 e. The van der Waals surface area contributed by atoms with Gasteiger partial charge in [0.1, 0.15) is 12.1 Å². The van der Waals surface area contributed by atoms with Crippen LogP contribution in [0.2, 0.25) is 0 Å². The molecule has 290 valence electrons. The van der Waals surface area contributed by atoms with E-state index in [2.05, 4.69) is 92.1 Å². The number of carbonyl (C=O) groups is 3. The molecule has 0 aliphatic rings. The van der Waals surface area contributed by atoms with E-state index in [1.54, 1.807) is 0 Å². The molecule has 0 saturated heterocycles. The van der Waals surface area contributed by atoms with Crippen molar-refractivity contribution in [2.24, 2.45) is 5.73 Å². The number of ether oxygens (including phenoxy) is 1. The van der Waals surface area contributed by atoms with Crippen molar-refractivity contribution in [1.82, 2.24) is 5.32 Å². The third kappa shape index (κ3) is 35.0. The van der Waals surface area contributed by atoms with Crippen molar-refractivity contribution in [3.05, 3.63) is 72.9 Å². The van der Waals surface area contributed by atoms with Crippen LogP contribution in [0.3, 0.4) is 0 Å². The first-order valence-electron chi connectivity index (χ1n) is 20.3. The van der Waals surface area contributed by atoms with Crippen LogP contribution in [-0.4, -0.2) is 41.6 Å².